The second kappa shape index (κ2) is 6.80. The Bertz CT molecular complexity index is 567. The van der Waals surface area contributed by atoms with Gasteiger partial charge in [0, 0.05) is 38.4 Å². The summed E-state index contributed by atoms with van der Waals surface area (Å²) in [6.45, 7) is 6.94. The van der Waals surface area contributed by atoms with Gasteiger partial charge >= 0.3 is 0 Å². The first-order chi connectivity index (χ1) is 9.95. The molecule has 0 aliphatic heterocycles. The Morgan fingerprint density at radius 3 is 2.52 bits per heavy atom. The highest BCUT2D eigenvalue weighted by Gasteiger charge is 2.10. The van der Waals surface area contributed by atoms with Crippen LogP contribution in [0.15, 0.2) is 5.38 Å². The minimum Gasteiger partial charge on any atom is -0.354 e. The molecule has 2 aromatic rings. The number of hydrogen-bond donors (Lipinski definition) is 1. The Morgan fingerprint density at radius 1 is 1.19 bits per heavy atom. The third-order valence-corrected chi connectivity index (χ3v) is 3.71. The highest BCUT2D eigenvalue weighted by Crippen LogP contribution is 2.15. The maximum atomic E-state index is 4.47. The van der Waals surface area contributed by atoms with Crippen LogP contribution in [-0.2, 0) is 6.42 Å². The summed E-state index contributed by atoms with van der Waals surface area (Å²) in [6.07, 6.45) is 0.865. The Morgan fingerprint density at radius 2 is 1.95 bits per heavy atom. The largest absolute Gasteiger partial charge is 0.354 e. The first-order valence-electron chi connectivity index (χ1n) is 7.04. The minimum absolute atomic E-state index is 0.272. The molecule has 0 aliphatic rings. The summed E-state index contributed by atoms with van der Waals surface area (Å²) in [7, 11) is 3.86. The molecule has 0 spiro atoms. The van der Waals surface area contributed by atoms with Crippen LogP contribution in [0, 0.1) is 6.92 Å². The quantitative estimate of drug-likeness (QED) is 0.884. The van der Waals surface area contributed by atoms with E-state index in [4.69, 9.17) is 0 Å². The SMILES string of the molecule is Cc1nc(CCNc2nc(C(C)C)nc(N(C)C)n2)cs1. The molecule has 0 unspecified atom stereocenters. The lowest BCUT2D eigenvalue weighted by molar-refractivity contribution is 0.753. The average Bonchev–Trinajstić information content (AvgIpc) is 2.84. The molecule has 114 valence electrons. The fourth-order valence-electron chi connectivity index (χ4n) is 1.74. The molecule has 0 radical (unpaired) electrons. The zero-order chi connectivity index (χ0) is 15.4. The van der Waals surface area contributed by atoms with Crippen LogP contribution >= 0.6 is 11.3 Å². The van der Waals surface area contributed by atoms with Gasteiger partial charge in [-0.15, -0.1) is 11.3 Å². The highest BCUT2D eigenvalue weighted by atomic mass is 32.1. The second-order valence-corrected chi connectivity index (χ2v) is 6.46. The Hall–Kier alpha value is -1.76. The fourth-order valence-corrected chi connectivity index (χ4v) is 2.39. The molecular weight excluding hydrogens is 284 g/mol. The highest BCUT2D eigenvalue weighted by molar-refractivity contribution is 7.09. The van der Waals surface area contributed by atoms with Crippen LogP contribution in [0.1, 0.15) is 36.3 Å². The smallest absolute Gasteiger partial charge is 0.229 e. The summed E-state index contributed by atoms with van der Waals surface area (Å²) in [6, 6.07) is 0. The van der Waals surface area contributed by atoms with Gasteiger partial charge in [-0.2, -0.15) is 15.0 Å². The maximum absolute atomic E-state index is 4.47. The molecule has 0 bridgehead atoms. The number of nitrogens with one attached hydrogen (secondary N) is 1. The third-order valence-electron chi connectivity index (χ3n) is 2.89. The lowest BCUT2D eigenvalue weighted by Crippen LogP contribution is -2.18. The lowest BCUT2D eigenvalue weighted by atomic mass is 10.2. The molecule has 7 heteroatoms. The molecular formula is C14H22N6S. The molecule has 2 aromatic heterocycles. The standard InChI is InChI=1S/C14H22N6S/c1-9(2)12-17-13(19-14(18-12)20(4)5)15-7-6-11-8-21-10(3)16-11/h8-9H,6-7H2,1-5H3,(H,15,17,18,19). The van der Waals surface area contributed by atoms with E-state index in [9.17, 15) is 0 Å². The van der Waals surface area contributed by atoms with Crippen LogP contribution in [0.2, 0.25) is 0 Å². The molecule has 6 nitrogen and oxygen atoms in total. The molecule has 1 N–H and O–H groups in total. The van der Waals surface area contributed by atoms with E-state index in [2.05, 4.69) is 44.5 Å². The number of thiazole rings is 1. The van der Waals surface area contributed by atoms with E-state index >= 15 is 0 Å². The van der Waals surface area contributed by atoms with Gasteiger partial charge in [0.1, 0.15) is 5.82 Å². The molecule has 0 amide bonds. The molecule has 0 fully saturated rings. The normalized spacial score (nSPS) is 11.0. The first kappa shape index (κ1) is 15.6. The number of nitrogens with zero attached hydrogens (tertiary/aromatic N) is 5. The van der Waals surface area contributed by atoms with Crippen molar-refractivity contribution in [2.24, 2.45) is 0 Å². The van der Waals surface area contributed by atoms with Crippen LogP contribution in [0.4, 0.5) is 11.9 Å². The Kier molecular flexibility index (Phi) is 5.06. The fraction of sp³-hybridized carbons (Fsp3) is 0.571. The molecule has 0 saturated heterocycles. The summed E-state index contributed by atoms with van der Waals surface area (Å²) in [4.78, 5) is 19.7. The third kappa shape index (κ3) is 4.35. The first-order valence-corrected chi connectivity index (χ1v) is 7.92. The Balaban J connectivity index is 2.04. The van der Waals surface area contributed by atoms with Crippen molar-refractivity contribution in [3.8, 4) is 0 Å². The van der Waals surface area contributed by atoms with Crippen molar-refractivity contribution in [2.75, 3.05) is 30.9 Å². The van der Waals surface area contributed by atoms with Crippen molar-refractivity contribution >= 4 is 23.2 Å². The van der Waals surface area contributed by atoms with E-state index < -0.39 is 0 Å². The van der Waals surface area contributed by atoms with Gasteiger partial charge in [-0.05, 0) is 6.92 Å². The minimum atomic E-state index is 0.272. The van der Waals surface area contributed by atoms with Gasteiger partial charge in [0.15, 0.2) is 0 Å². The maximum Gasteiger partial charge on any atom is 0.229 e. The van der Waals surface area contributed by atoms with E-state index in [1.807, 2.05) is 25.9 Å². The monoisotopic (exact) mass is 306 g/mol. The lowest BCUT2D eigenvalue weighted by Gasteiger charge is -2.14. The van der Waals surface area contributed by atoms with Crippen LogP contribution < -0.4 is 10.2 Å². The molecule has 0 atom stereocenters. The van der Waals surface area contributed by atoms with Gasteiger partial charge in [0.2, 0.25) is 11.9 Å². The zero-order valence-electron chi connectivity index (χ0n) is 13.2. The van der Waals surface area contributed by atoms with Crippen molar-refractivity contribution in [1.29, 1.82) is 0 Å². The van der Waals surface area contributed by atoms with Gasteiger partial charge in [-0.1, -0.05) is 13.8 Å². The molecule has 2 rings (SSSR count). The van der Waals surface area contributed by atoms with Crippen LogP contribution in [0.5, 0.6) is 0 Å². The zero-order valence-corrected chi connectivity index (χ0v) is 14.0. The molecule has 0 aromatic carbocycles. The second-order valence-electron chi connectivity index (χ2n) is 5.40. The topological polar surface area (TPSA) is 66.8 Å². The van der Waals surface area contributed by atoms with Gasteiger partial charge in [-0.25, -0.2) is 4.98 Å². The molecule has 0 saturated carbocycles. The van der Waals surface area contributed by atoms with E-state index in [-0.39, 0.29) is 5.92 Å². The van der Waals surface area contributed by atoms with Crippen LogP contribution in [-0.4, -0.2) is 40.6 Å². The predicted octanol–water partition coefficient (Wildman–Crippen LogP) is 2.48. The van der Waals surface area contributed by atoms with Gasteiger partial charge in [-0.3, -0.25) is 0 Å². The Labute approximate surface area is 129 Å². The van der Waals surface area contributed by atoms with E-state index in [1.54, 1.807) is 11.3 Å². The average molecular weight is 306 g/mol. The van der Waals surface area contributed by atoms with Gasteiger partial charge in [0.25, 0.3) is 0 Å². The van der Waals surface area contributed by atoms with Crippen molar-refractivity contribution < 1.29 is 0 Å². The summed E-state index contributed by atoms with van der Waals surface area (Å²) >= 11 is 1.68. The van der Waals surface area contributed by atoms with E-state index in [0.717, 1.165) is 29.5 Å². The molecule has 2 heterocycles. The van der Waals surface area contributed by atoms with E-state index in [1.165, 1.54) is 0 Å². The van der Waals surface area contributed by atoms with E-state index in [0.29, 0.717) is 11.9 Å². The number of aromatic nitrogens is 4. The predicted molar refractivity (Wildman–Crippen MR) is 87.3 cm³/mol. The number of anilines is 2. The summed E-state index contributed by atoms with van der Waals surface area (Å²) in [5.41, 5.74) is 1.11. The van der Waals surface area contributed by atoms with Crippen molar-refractivity contribution in [1.82, 2.24) is 19.9 Å². The van der Waals surface area contributed by atoms with Crippen molar-refractivity contribution in [3.63, 3.8) is 0 Å². The van der Waals surface area contributed by atoms with Crippen LogP contribution in [0.25, 0.3) is 0 Å². The summed E-state index contributed by atoms with van der Waals surface area (Å²) in [5.74, 6) is 2.39. The molecule has 21 heavy (non-hydrogen) atoms. The molecule has 0 aliphatic carbocycles. The number of rotatable bonds is 6. The van der Waals surface area contributed by atoms with Crippen molar-refractivity contribution in [2.45, 2.75) is 33.1 Å². The number of hydrogen-bond acceptors (Lipinski definition) is 7. The number of aryl methyl sites for hydroxylation is 1. The van der Waals surface area contributed by atoms with Gasteiger partial charge < -0.3 is 10.2 Å². The van der Waals surface area contributed by atoms with Crippen molar-refractivity contribution in [3.05, 3.63) is 21.9 Å². The summed E-state index contributed by atoms with van der Waals surface area (Å²) in [5, 5.41) is 6.46. The van der Waals surface area contributed by atoms with Crippen LogP contribution in [0.3, 0.4) is 0 Å². The summed E-state index contributed by atoms with van der Waals surface area (Å²) < 4.78 is 0. The van der Waals surface area contributed by atoms with Gasteiger partial charge in [0.05, 0.1) is 10.7 Å².